The van der Waals surface area contributed by atoms with Crippen LogP contribution < -0.4 is 5.32 Å². The molecule has 1 saturated carbocycles. The first-order chi connectivity index (χ1) is 18.6. The Hall–Kier alpha value is -3.18. The standard InChI is InChI=1S/C26H34N5O7P/c32-23(33)8-4-5-11-30-12-14-31(15-13-30)26(35)22(17-39(36,37)38)29-25(34)21-16-20(18-9-10-18)27-24(28-21)19-6-2-1-3-7-19/h1-3,6-7,16,18,22H,4-5,8-15,17H2,(H,29,34)(H,32,33)(H2,36,37,38)/t22-/m0/s1. The highest BCUT2D eigenvalue weighted by Gasteiger charge is 2.34. The van der Waals surface area contributed by atoms with Crippen molar-refractivity contribution in [3.63, 3.8) is 0 Å². The van der Waals surface area contributed by atoms with Gasteiger partial charge in [-0.05, 0) is 38.3 Å². The number of aromatic nitrogens is 2. The lowest BCUT2D eigenvalue weighted by Gasteiger charge is -2.36. The Labute approximate surface area is 226 Å². The molecule has 1 saturated heterocycles. The molecule has 2 fully saturated rings. The highest BCUT2D eigenvalue weighted by atomic mass is 31.2. The zero-order chi connectivity index (χ0) is 28.0. The summed E-state index contributed by atoms with van der Waals surface area (Å²) in [4.78, 5) is 69.2. The molecule has 2 heterocycles. The average molecular weight is 560 g/mol. The number of hydrogen-bond donors (Lipinski definition) is 4. The second kappa shape index (κ2) is 12.8. The van der Waals surface area contributed by atoms with E-state index in [-0.39, 0.29) is 18.0 Å². The number of carbonyl (C=O) groups excluding carboxylic acids is 2. The second-order valence-corrected chi connectivity index (χ2v) is 11.7. The van der Waals surface area contributed by atoms with E-state index in [2.05, 4.69) is 20.2 Å². The number of benzene rings is 1. The fourth-order valence-corrected chi connectivity index (χ4v) is 5.29. The predicted octanol–water partition coefficient (Wildman–Crippen LogP) is 1.70. The van der Waals surface area contributed by atoms with Gasteiger partial charge in [0.05, 0.1) is 6.16 Å². The molecule has 1 atom stereocenters. The molecule has 210 valence electrons. The second-order valence-electron chi connectivity index (χ2n) is 10.0. The Morgan fingerprint density at radius 2 is 1.72 bits per heavy atom. The fraction of sp³-hybridized carbons (Fsp3) is 0.500. The van der Waals surface area contributed by atoms with Gasteiger partial charge in [0.25, 0.3) is 5.91 Å². The van der Waals surface area contributed by atoms with Crippen LogP contribution in [0.3, 0.4) is 0 Å². The van der Waals surface area contributed by atoms with E-state index in [9.17, 15) is 28.7 Å². The van der Waals surface area contributed by atoms with E-state index < -0.39 is 37.6 Å². The molecule has 0 spiro atoms. The number of piperazine rings is 1. The molecule has 4 rings (SSSR count). The number of unbranched alkanes of at least 4 members (excludes halogenated alkanes) is 1. The molecule has 12 nitrogen and oxygen atoms in total. The largest absolute Gasteiger partial charge is 0.481 e. The van der Waals surface area contributed by atoms with E-state index >= 15 is 0 Å². The van der Waals surface area contributed by atoms with Crippen molar-refractivity contribution in [1.82, 2.24) is 25.1 Å². The number of nitrogens with one attached hydrogen (secondary N) is 1. The molecule has 0 bridgehead atoms. The first-order valence-electron chi connectivity index (χ1n) is 13.1. The van der Waals surface area contributed by atoms with E-state index in [1.807, 2.05) is 30.3 Å². The molecule has 1 aromatic carbocycles. The summed E-state index contributed by atoms with van der Waals surface area (Å²) in [5, 5.41) is 11.3. The number of aliphatic carboxylic acids is 1. The van der Waals surface area contributed by atoms with E-state index in [0.717, 1.165) is 30.5 Å². The number of carbonyl (C=O) groups is 3. The van der Waals surface area contributed by atoms with Gasteiger partial charge in [-0.25, -0.2) is 9.97 Å². The van der Waals surface area contributed by atoms with Gasteiger partial charge in [-0.1, -0.05) is 30.3 Å². The Balaban J connectivity index is 1.44. The smallest absolute Gasteiger partial charge is 0.328 e. The molecular formula is C26H34N5O7P. The van der Waals surface area contributed by atoms with Gasteiger partial charge in [0.15, 0.2) is 5.82 Å². The third-order valence-electron chi connectivity index (χ3n) is 6.83. The lowest BCUT2D eigenvalue weighted by molar-refractivity contribution is -0.137. The van der Waals surface area contributed by atoms with E-state index in [0.29, 0.717) is 45.0 Å². The molecule has 39 heavy (non-hydrogen) atoms. The number of nitrogens with zero attached hydrogens (tertiary/aromatic N) is 4. The van der Waals surface area contributed by atoms with Crippen molar-refractivity contribution in [1.29, 1.82) is 0 Å². The van der Waals surface area contributed by atoms with Crippen molar-refractivity contribution < 1.29 is 33.8 Å². The van der Waals surface area contributed by atoms with Crippen LogP contribution in [0.1, 0.15) is 54.2 Å². The van der Waals surface area contributed by atoms with Crippen LogP contribution in [0.15, 0.2) is 36.4 Å². The third-order valence-corrected chi connectivity index (χ3v) is 7.67. The molecular weight excluding hydrogens is 525 g/mol. The summed E-state index contributed by atoms with van der Waals surface area (Å²) in [5.74, 6) is -1.47. The Bertz CT molecular complexity index is 1230. The maximum atomic E-state index is 13.3. The van der Waals surface area contributed by atoms with Crippen molar-refractivity contribution in [3.8, 4) is 11.4 Å². The van der Waals surface area contributed by atoms with Gasteiger partial charge in [-0.2, -0.15) is 0 Å². The number of rotatable bonds is 12. The van der Waals surface area contributed by atoms with Crippen molar-refractivity contribution in [2.45, 2.75) is 44.1 Å². The summed E-state index contributed by atoms with van der Waals surface area (Å²) in [6.45, 7) is 2.48. The molecule has 2 aromatic rings. The van der Waals surface area contributed by atoms with Crippen LogP contribution in [-0.4, -0.2) is 97.4 Å². The summed E-state index contributed by atoms with van der Waals surface area (Å²) < 4.78 is 11.9. The van der Waals surface area contributed by atoms with E-state index in [4.69, 9.17) is 5.11 Å². The molecule has 13 heteroatoms. The van der Waals surface area contributed by atoms with Crippen LogP contribution in [0.5, 0.6) is 0 Å². The average Bonchev–Trinajstić information content (AvgIpc) is 3.76. The summed E-state index contributed by atoms with van der Waals surface area (Å²) in [6.07, 6.45) is 2.50. The lowest BCUT2D eigenvalue weighted by atomic mass is 10.1. The maximum absolute atomic E-state index is 13.3. The molecule has 1 aromatic heterocycles. The monoisotopic (exact) mass is 559 g/mol. The van der Waals surface area contributed by atoms with Crippen molar-refractivity contribution >= 4 is 25.4 Å². The van der Waals surface area contributed by atoms with Gasteiger partial charge in [0.1, 0.15) is 11.7 Å². The highest BCUT2D eigenvalue weighted by molar-refractivity contribution is 7.51. The number of hydrogen-bond acceptors (Lipinski definition) is 7. The van der Waals surface area contributed by atoms with Gasteiger partial charge in [-0.3, -0.25) is 23.8 Å². The van der Waals surface area contributed by atoms with Crippen molar-refractivity contribution in [2.24, 2.45) is 0 Å². The van der Waals surface area contributed by atoms with Crippen molar-refractivity contribution in [3.05, 3.63) is 47.8 Å². The van der Waals surface area contributed by atoms with Gasteiger partial charge >= 0.3 is 13.6 Å². The Morgan fingerprint density at radius 3 is 2.33 bits per heavy atom. The first kappa shape index (κ1) is 28.8. The van der Waals surface area contributed by atoms with Gasteiger partial charge in [0, 0.05) is 49.8 Å². The molecule has 2 aliphatic rings. The summed E-state index contributed by atoms with van der Waals surface area (Å²) in [5.41, 5.74) is 1.50. The molecule has 1 aliphatic heterocycles. The van der Waals surface area contributed by atoms with Crippen LogP contribution in [0.4, 0.5) is 0 Å². The van der Waals surface area contributed by atoms with Crippen LogP contribution in [-0.2, 0) is 14.2 Å². The lowest BCUT2D eigenvalue weighted by Crippen LogP contribution is -2.56. The fourth-order valence-electron chi connectivity index (χ4n) is 4.57. The molecule has 4 N–H and O–H groups in total. The first-order valence-corrected chi connectivity index (χ1v) is 14.9. The van der Waals surface area contributed by atoms with Crippen LogP contribution >= 0.6 is 7.60 Å². The van der Waals surface area contributed by atoms with Crippen LogP contribution in [0.2, 0.25) is 0 Å². The van der Waals surface area contributed by atoms with Gasteiger partial charge < -0.3 is 25.1 Å². The quantitative estimate of drug-likeness (QED) is 0.221. The minimum absolute atomic E-state index is 0.0421. The third kappa shape index (κ3) is 8.66. The van der Waals surface area contributed by atoms with Crippen molar-refractivity contribution in [2.75, 3.05) is 38.9 Å². The molecule has 0 unspecified atom stereocenters. The molecule has 2 amide bonds. The number of carboxylic acid groups (broad SMARTS) is 1. The minimum atomic E-state index is -4.64. The minimum Gasteiger partial charge on any atom is -0.481 e. The normalized spacial score (nSPS) is 17.0. The Morgan fingerprint density at radius 1 is 1.03 bits per heavy atom. The SMILES string of the molecule is O=C(O)CCCCN1CCN(C(=O)[C@H](CP(=O)(O)O)NC(=O)c2cc(C3CC3)nc(-c3ccccc3)n2)CC1. The zero-order valence-electron chi connectivity index (χ0n) is 21.6. The van der Waals surface area contributed by atoms with Crippen LogP contribution in [0, 0.1) is 0 Å². The topological polar surface area (TPSA) is 173 Å². The molecule has 1 aliphatic carbocycles. The highest BCUT2D eigenvalue weighted by Crippen LogP contribution is 2.40. The summed E-state index contributed by atoms with van der Waals surface area (Å²) in [6, 6.07) is 9.37. The Kier molecular flexibility index (Phi) is 9.45. The van der Waals surface area contributed by atoms with Gasteiger partial charge in [0.2, 0.25) is 5.91 Å². The number of carboxylic acids is 1. The van der Waals surface area contributed by atoms with E-state index in [1.165, 1.54) is 4.90 Å². The number of amides is 2. The van der Waals surface area contributed by atoms with Crippen LogP contribution in [0.25, 0.3) is 11.4 Å². The summed E-state index contributed by atoms with van der Waals surface area (Å²) in [7, 11) is -4.64. The zero-order valence-corrected chi connectivity index (χ0v) is 22.5. The maximum Gasteiger partial charge on any atom is 0.328 e. The predicted molar refractivity (Wildman–Crippen MR) is 142 cm³/mol. The molecule has 0 radical (unpaired) electrons. The van der Waals surface area contributed by atoms with Gasteiger partial charge in [-0.15, -0.1) is 0 Å². The summed E-state index contributed by atoms with van der Waals surface area (Å²) >= 11 is 0. The van der Waals surface area contributed by atoms with E-state index in [1.54, 1.807) is 6.07 Å².